The molecule has 1 rings (SSSR count). The fourth-order valence-electron chi connectivity index (χ4n) is 1.98. The van der Waals surface area contributed by atoms with E-state index in [0.29, 0.717) is 25.6 Å². The van der Waals surface area contributed by atoms with E-state index in [1.165, 1.54) is 0 Å². The summed E-state index contributed by atoms with van der Waals surface area (Å²) >= 11 is 0. The number of nitrogens with one attached hydrogen (secondary N) is 1. The van der Waals surface area contributed by atoms with Crippen molar-refractivity contribution in [2.75, 3.05) is 39.9 Å². The van der Waals surface area contributed by atoms with Crippen LogP contribution < -0.4 is 5.32 Å². The van der Waals surface area contributed by atoms with Crippen LogP contribution in [-0.4, -0.2) is 50.7 Å². The second-order valence-electron chi connectivity index (χ2n) is 4.00. The van der Waals surface area contributed by atoms with Gasteiger partial charge < -0.3 is 15.0 Å². The normalized spacial score (nSPS) is 20.9. The zero-order valence-corrected chi connectivity index (χ0v) is 9.79. The van der Waals surface area contributed by atoms with E-state index in [1.54, 1.807) is 0 Å². The van der Waals surface area contributed by atoms with E-state index in [2.05, 4.69) is 5.32 Å². The van der Waals surface area contributed by atoms with Crippen molar-refractivity contribution in [1.82, 2.24) is 10.2 Å². The van der Waals surface area contributed by atoms with Gasteiger partial charge in [-0.25, -0.2) is 0 Å². The standard InChI is InChI=1S/C11H22N2O2/c1-3-15-7-5-11(14)13-6-4-10(9-13)8-12-2/h10,12H,3-9H2,1-2H3. The predicted octanol–water partition coefficient (Wildman–Crippen LogP) is 0.481. The zero-order chi connectivity index (χ0) is 11.1. The third-order valence-corrected chi connectivity index (χ3v) is 2.80. The summed E-state index contributed by atoms with van der Waals surface area (Å²) in [5, 5.41) is 3.16. The maximum absolute atomic E-state index is 11.7. The lowest BCUT2D eigenvalue weighted by Crippen LogP contribution is -2.30. The van der Waals surface area contributed by atoms with Crippen molar-refractivity contribution in [2.24, 2.45) is 5.92 Å². The van der Waals surface area contributed by atoms with Crippen molar-refractivity contribution >= 4 is 5.91 Å². The Morgan fingerprint density at radius 2 is 2.40 bits per heavy atom. The van der Waals surface area contributed by atoms with Crippen LogP contribution in [0.3, 0.4) is 0 Å². The highest BCUT2D eigenvalue weighted by Crippen LogP contribution is 2.15. The average molecular weight is 214 g/mol. The van der Waals surface area contributed by atoms with Gasteiger partial charge in [-0.2, -0.15) is 0 Å². The van der Waals surface area contributed by atoms with Gasteiger partial charge in [0.1, 0.15) is 0 Å². The molecule has 0 aliphatic carbocycles. The molecule has 1 unspecified atom stereocenters. The molecule has 1 amide bonds. The fourth-order valence-corrected chi connectivity index (χ4v) is 1.98. The van der Waals surface area contributed by atoms with Crippen LogP contribution in [0.4, 0.5) is 0 Å². The van der Waals surface area contributed by atoms with E-state index in [0.717, 1.165) is 26.1 Å². The molecule has 1 N–H and O–H groups in total. The van der Waals surface area contributed by atoms with Crippen molar-refractivity contribution in [3.8, 4) is 0 Å². The molecule has 1 saturated heterocycles. The van der Waals surface area contributed by atoms with Gasteiger partial charge in [0, 0.05) is 19.7 Å². The molecular formula is C11H22N2O2. The molecule has 1 aliphatic rings. The summed E-state index contributed by atoms with van der Waals surface area (Å²) in [5.41, 5.74) is 0. The third-order valence-electron chi connectivity index (χ3n) is 2.80. The van der Waals surface area contributed by atoms with Crippen LogP contribution in [-0.2, 0) is 9.53 Å². The predicted molar refractivity (Wildman–Crippen MR) is 59.7 cm³/mol. The Morgan fingerprint density at radius 1 is 1.60 bits per heavy atom. The number of nitrogens with zero attached hydrogens (tertiary/aromatic N) is 1. The van der Waals surface area contributed by atoms with E-state index >= 15 is 0 Å². The van der Waals surface area contributed by atoms with Gasteiger partial charge >= 0.3 is 0 Å². The number of amides is 1. The Bertz CT molecular complexity index is 197. The average Bonchev–Trinajstić information content (AvgIpc) is 2.67. The number of ether oxygens (including phenoxy) is 1. The Labute approximate surface area is 92.0 Å². The summed E-state index contributed by atoms with van der Waals surface area (Å²) < 4.78 is 5.18. The summed E-state index contributed by atoms with van der Waals surface area (Å²) in [7, 11) is 1.96. The van der Waals surface area contributed by atoms with E-state index < -0.39 is 0 Å². The molecule has 1 atom stereocenters. The molecule has 0 spiro atoms. The van der Waals surface area contributed by atoms with Crippen LogP contribution in [0.2, 0.25) is 0 Å². The first-order chi connectivity index (χ1) is 7.27. The number of hydrogen-bond donors (Lipinski definition) is 1. The summed E-state index contributed by atoms with van der Waals surface area (Å²) in [6.45, 7) is 6.03. The monoisotopic (exact) mass is 214 g/mol. The molecule has 1 aliphatic heterocycles. The summed E-state index contributed by atoms with van der Waals surface area (Å²) in [4.78, 5) is 13.7. The number of hydrogen-bond acceptors (Lipinski definition) is 3. The number of likely N-dealkylation sites (tertiary alicyclic amines) is 1. The second-order valence-corrected chi connectivity index (χ2v) is 4.00. The van der Waals surface area contributed by atoms with Crippen molar-refractivity contribution in [3.63, 3.8) is 0 Å². The Hall–Kier alpha value is -0.610. The highest BCUT2D eigenvalue weighted by molar-refractivity contribution is 5.76. The van der Waals surface area contributed by atoms with Crippen molar-refractivity contribution in [2.45, 2.75) is 19.8 Å². The molecular weight excluding hydrogens is 192 g/mol. The summed E-state index contributed by atoms with van der Waals surface area (Å²) in [5.74, 6) is 0.869. The third kappa shape index (κ3) is 4.18. The van der Waals surface area contributed by atoms with Crippen molar-refractivity contribution in [3.05, 3.63) is 0 Å². The lowest BCUT2D eigenvalue weighted by atomic mass is 10.1. The van der Waals surface area contributed by atoms with Gasteiger partial charge in [0.15, 0.2) is 0 Å². The van der Waals surface area contributed by atoms with E-state index in [-0.39, 0.29) is 5.91 Å². The highest BCUT2D eigenvalue weighted by atomic mass is 16.5. The summed E-state index contributed by atoms with van der Waals surface area (Å²) in [6, 6.07) is 0. The van der Waals surface area contributed by atoms with E-state index in [9.17, 15) is 4.79 Å². The van der Waals surface area contributed by atoms with Crippen molar-refractivity contribution in [1.29, 1.82) is 0 Å². The van der Waals surface area contributed by atoms with Gasteiger partial charge in [-0.3, -0.25) is 4.79 Å². The molecule has 0 radical (unpaired) electrons. The van der Waals surface area contributed by atoms with Crippen molar-refractivity contribution < 1.29 is 9.53 Å². The van der Waals surface area contributed by atoms with E-state index in [1.807, 2.05) is 18.9 Å². The minimum atomic E-state index is 0.238. The molecule has 0 saturated carbocycles. The minimum absolute atomic E-state index is 0.238. The lowest BCUT2D eigenvalue weighted by molar-refractivity contribution is -0.131. The smallest absolute Gasteiger partial charge is 0.224 e. The van der Waals surface area contributed by atoms with Gasteiger partial charge in [-0.1, -0.05) is 0 Å². The molecule has 4 heteroatoms. The molecule has 0 bridgehead atoms. The molecule has 0 aromatic heterocycles. The Kier molecular flexibility index (Phi) is 5.65. The van der Waals surface area contributed by atoms with E-state index in [4.69, 9.17) is 4.74 Å². The second kappa shape index (κ2) is 6.80. The first kappa shape index (κ1) is 12.5. The Balaban J connectivity index is 2.18. The molecule has 0 aromatic rings. The highest BCUT2D eigenvalue weighted by Gasteiger charge is 2.24. The number of carbonyl (C=O) groups excluding carboxylic acids is 1. The first-order valence-electron chi connectivity index (χ1n) is 5.78. The van der Waals surface area contributed by atoms with Crippen LogP contribution in [0.5, 0.6) is 0 Å². The zero-order valence-electron chi connectivity index (χ0n) is 9.79. The first-order valence-corrected chi connectivity index (χ1v) is 5.78. The minimum Gasteiger partial charge on any atom is -0.381 e. The topological polar surface area (TPSA) is 41.6 Å². The van der Waals surface area contributed by atoms with Crippen LogP contribution >= 0.6 is 0 Å². The number of carbonyl (C=O) groups is 1. The summed E-state index contributed by atoms with van der Waals surface area (Å²) in [6.07, 6.45) is 1.65. The molecule has 1 fully saturated rings. The largest absolute Gasteiger partial charge is 0.381 e. The fraction of sp³-hybridized carbons (Fsp3) is 0.909. The SMILES string of the molecule is CCOCCC(=O)N1CCC(CNC)C1. The Morgan fingerprint density at radius 3 is 3.07 bits per heavy atom. The molecule has 88 valence electrons. The quantitative estimate of drug-likeness (QED) is 0.654. The van der Waals surface area contributed by atoms with Gasteiger partial charge in [0.05, 0.1) is 13.0 Å². The maximum atomic E-state index is 11.7. The maximum Gasteiger partial charge on any atom is 0.224 e. The van der Waals surface area contributed by atoms with Crippen LogP contribution in [0.25, 0.3) is 0 Å². The molecule has 1 heterocycles. The lowest BCUT2D eigenvalue weighted by Gasteiger charge is -2.16. The van der Waals surface area contributed by atoms with Gasteiger partial charge in [0.2, 0.25) is 5.91 Å². The number of rotatable bonds is 6. The molecule has 4 nitrogen and oxygen atoms in total. The molecule has 0 aromatic carbocycles. The van der Waals surface area contributed by atoms with Crippen LogP contribution in [0.15, 0.2) is 0 Å². The van der Waals surface area contributed by atoms with Gasteiger partial charge in [-0.05, 0) is 32.9 Å². The van der Waals surface area contributed by atoms with Gasteiger partial charge in [-0.15, -0.1) is 0 Å². The van der Waals surface area contributed by atoms with Crippen LogP contribution in [0, 0.1) is 5.92 Å². The van der Waals surface area contributed by atoms with Gasteiger partial charge in [0.25, 0.3) is 0 Å². The van der Waals surface area contributed by atoms with Crippen LogP contribution in [0.1, 0.15) is 19.8 Å². The molecule has 15 heavy (non-hydrogen) atoms.